The summed E-state index contributed by atoms with van der Waals surface area (Å²) in [5.74, 6) is -0.366. The number of aromatic nitrogens is 4. The number of nitrogens with one attached hydrogen (secondary N) is 1. The molecule has 0 aliphatic heterocycles. The fraction of sp³-hybridized carbons (Fsp3) is 0. The lowest BCUT2D eigenvalue weighted by molar-refractivity contribution is 0.628. The van der Waals surface area contributed by atoms with Gasteiger partial charge in [-0.2, -0.15) is 0 Å². The van der Waals surface area contributed by atoms with Gasteiger partial charge in [0.25, 0.3) is 0 Å². The summed E-state index contributed by atoms with van der Waals surface area (Å²) in [6.07, 6.45) is 5.37. The van der Waals surface area contributed by atoms with Gasteiger partial charge in [0, 0.05) is 46.7 Å². The van der Waals surface area contributed by atoms with E-state index in [9.17, 15) is 9.18 Å². The molecule has 0 fully saturated rings. The summed E-state index contributed by atoms with van der Waals surface area (Å²) in [7, 11) is 0. The van der Waals surface area contributed by atoms with Gasteiger partial charge in [-0.15, -0.1) is 0 Å². The van der Waals surface area contributed by atoms with Gasteiger partial charge in [0.15, 0.2) is 5.65 Å². The van der Waals surface area contributed by atoms with Gasteiger partial charge in [-0.25, -0.2) is 14.4 Å². The van der Waals surface area contributed by atoms with Crippen molar-refractivity contribution >= 4 is 28.3 Å². The highest BCUT2D eigenvalue weighted by molar-refractivity contribution is 6.33. The standard InChI is InChI=1S/C21H12ClFN4O/c22-17-10-14(11-27-7-6-24-21(17)27)16-9-13-4-5-18(28)25-20(13)26-19(16)12-2-1-3-15(23)8-12/h1-11H,(H,25,26,28). The number of pyridine rings is 3. The molecule has 0 radical (unpaired) electrons. The van der Waals surface area contributed by atoms with Crippen LogP contribution < -0.4 is 5.56 Å². The molecule has 0 saturated heterocycles. The Balaban J connectivity index is 1.86. The molecule has 0 saturated carbocycles. The summed E-state index contributed by atoms with van der Waals surface area (Å²) in [4.78, 5) is 23.3. The Morgan fingerprint density at radius 3 is 2.82 bits per heavy atom. The maximum absolute atomic E-state index is 13.9. The molecule has 7 heteroatoms. The average molecular weight is 391 g/mol. The molecule has 5 nitrogen and oxygen atoms in total. The molecular weight excluding hydrogens is 379 g/mol. The summed E-state index contributed by atoms with van der Waals surface area (Å²) in [6.45, 7) is 0. The van der Waals surface area contributed by atoms with E-state index in [4.69, 9.17) is 11.6 Å². The van der Waals surface area contributed by atoms with Crippen molar-refractivity contribution in [3.8, 4) is 22.4 Å². The quantitative estimate of drug-likeness (QED) is 0.475. The summed E-state index contributed by atoms with van der Waals surface area (Å²) >= 11 is 6.40. The topological polar surface area (TPSA) is 63.1 Å². The highest BCUT2D eigenvalue weighted by Crippen LogP contribution is 2.34. The number of rotatable bonds is 2. The van der Waals surface area contributed by atoms with Crippen LogP contribution in [-0.4, -0.2) is 19.4 Å². The van der Waals surface area contributed by atoms with Crippen LogP contribution in [0.25, 0.3) is 39.1 Å². The molecule has 1 aromatic carbocycles. The van der Waals surface area contributed by atoms with Crippen LogP contribution in [-0.2, 0) is 0 Å². The first kappa shape index (κ1) is 16.6. The third-order valence-corrected chi connectivity index (χ3v) is 4.84. The zero-order valence-corrected chi connectivity index (χ0v) is 15.1. The molecule has 136 valence electrons. The third-order valence-electron chi connectivity index (χ3n) is 4.56. The number of H-pyrrole nitrogens is 1. The summed E-state index contributed by atoms with van der Waals surface area (Å²) in [5.41, 5.74) is 3.55. The van der Waals surface area contributed by atoms with Gasteiger partial charge in [-0.1, -0.05) is 23.7 Å². The lowest BCUT2D eigenvalue weighted by Crippen LogP contribution is -2.04. The van der Waals surface area contributed by atoms with Gasteiger partial charge in [0.1, 0.15) is 11.5 Å². The third kappa shape index (κ3) is 2.75. The molecule has 0 spiro atoms. The van der Waals surface area contributed by atoms with E-state index < -0.39 is 0 Å². The first-order valence-corrected chi connectivity index (χ1v) is 8.89. The van der Waals surface area contributed by atoms with Gasteiger partial charge in [-0.05, 0) is 30.3 Å². The van der Waals surface area contributed by atoms with Crippen LogP contribution in [0, 0.1) is 5.82 Å². The fourth-order valence-electron chi connectivity index (χ4n) is 3.29. The number of benzene rings is 1. The maximum atomic E-state index is 13.9. The largest absolute Gasteiger partial charge is 0.307 e. The van der Waals surface area contributed by atoms with Gasteiger partial charge in [0.2, 0.25) is 5.56 Å². The van der Waals surface area contributed by atoms with E-state index in [0.717, 1.165) is 16.5 Å². The number of hydrogen-bond donors (Lipinski definition) is 1. The lowest BCUT2D eigenvalue weighted by atomic mass is 9.99. The average Bonchev–Trinajstić information content (AvgIpc) is 3.16. The minimum Gasteiger partial charge on any atom is -0.307 e. The number of nitrogens with zero attached hydrogens (tertiary/aromatic N) is 3. The fourth-order valence-corrected chi connectivity index (χ4v) is 3.56. The minimum absolute atomic E-state index is 0.249. The molecule has 0 amide bonds. The second kappa shape index (κ2) is 6.28. The van der Waals surface area contributed by atoms with E-state index in [2.05, 4.69) is 15.0 Å². The van der Waals surface area contributed by atoms with Crippen molar-refractivity contribution in [1.82, 2.24) is 19.4 Å². The molecule has 0 atom stereocenters. The van der Waals surface area contributed by atoms with Gasteiger partial charge in [0.05, 0.1) is 10.7 Å². The summed E-state index contributed by atoms with van der Waals surface area (Å²) in [5, 5.41) is 1.26. The normalized spacial score (nSPS) is 11.4. The second-order valence-corrected chi connectivity index (χ2v) is 6.80. The van der Waals surface area contributed by atoms with Crippen molar-refractivity contribution in [1.29, 1.82) is 0 Å². The molecule has 5 rings (SSSR count). The first-order chi connectivity index (χ1) is 13.6. The summed E-state index contributed by atoms with van der Waals surface area (Å²) in [6, 6.07) is 13.1. The van der Waals surface area contributed by atoms with Crippen LogP contribution in [0.15, 0.2) is 71.9 Å². The second-order valence-electron chi connectivity index (χ2n) is 6.39. The van der Waals surface area contributed by atoms with E-state index in [0.29, 0.717) is 27.6 Å². The van der Waals surface area contributed by atoms with Crippen molar-refractivity contribution < 1.29 is 4.39 Å². The van der Waals surface area contributed by atoms with Crippen LogP contribution in [0.1, 0.15) is 0 Å². The summed E-state index contributed by atoms with van der Waals surface area (Å²) < 4.78 is 15.7. The molecule has 4 heterocycles. The Morgan fingerprint density at radius 1 is 1.07 bits per heavy atom. The van der Waals surface area contributed by atoms with Crippen LogP contribution >= 0.6 is 11.6 Å². The highest BCUT2D eigenvalue weighted by atomic mass is 35.5. The van der Waals surface area contributed by atoms with Crippen molar-refractivity contribution in [2.75, 3.05) is 0 Å². The van der Waals surface area contributed by atoms with Crippen LogP contribution in [0.4, 0.5) is 4.39 Å². The molecule has 0 aliphatic carbocycles. The van der Waals surface area contributed by atoms with E-state index in [1.165, 1.54) is 18.2 Å². The Morgan fingerprint density at radius 2 is 1.96 bits per heavy atom. The van der Waals surface area contributed by atoms with E-state index in [1.807, 2.05) is 16.7 Å². The smallest absolute Gasteiger partial charge is 0.249 e. The van der Waals surface area contributed by atoms with E-state index in [1.54, 1.807) is 36.7 Å². The number of fused-ring (bicyclic) bond motifs is 2. The van der Waals surface area contributed by atoms with E-state index >= 15 is 0 Å². The zero-order chi connectivity index (χ0) is 19.3. The van der Waals surface area contributed by atoms with Gasteiger partial charge < -0.3 is 9.38 Å². The van der Waals surface area contributed by atoms with Gasteiger partial charge in [-0.3, -0.25) is 4.79 Å². The van der Waals surface area contributed by atoms with Crippen molar-refractivity contribution in [3.05, 3.63) is 88.3 Å². The number of aromatic amines is 1. The highest BCUT2D eigenvalue weighted by Gasteiger charge is 2.15. The Kier molecular flexibility index (Phi) is 3.74. The van der Waals surface area contributed by atoms with Crippen molar-refractivity contribution in [2.45, 2.75) is 0 Å². The molecule has 0 bridgehead atoms. The molecule has 0 aliphatic rings. The molecule has 0 unspecified atom stereocenters. The first-order valence-electron chi connectivity index (χ1n) is 8.51. The molecule has 5 aromatic rings. The molecular formula is C21H12ClFN4O. The zero-order valence-electron chi connectivity index (χ0n) is 14.4. The van der Waals surface area contributed by atoms with Crippen LogP contribution in [0.2, 0.25) is 5.02 Å². The monoisotopic (exact) mass is 390 g/mol. The van der Waals surface area contributed by atoms with Crippen molar-refractivity contribution in [2.24, 2.45) is 0 Å². The van der Waals surface area contributed by atoms with Crippen LogP contribution in [0.3, 0.4) is 0 Å². The Bertz CT molecular complexity index is 1420. The van der Waals surface area contributed by atoms with Crippen molar-refractivity contribution in [3.63, 3.8) is 0 Å². The SMILES string of the molecule is O=c1ccc2cc(-c3cc(Cl)c4nccn4c3)c(-c3cccc(F)c3)nc2[nH]1. The lowest BCUT2D eigenvalue weighted by Gasteiger charge is -2.12. The minimum atomic E-state index is -0.366. The predicted molar refractivity (Wildman–Crippen MR) is 107 cm³/mol. The van der Waals surface area contributed by atoms with Crippen LogP contribution in [0.5, 0.6) is 0 Å². The number of hydrogen-bond acceptors (Lipinski definition) is 3. The molecule has 1 N–H and O–H groups in total. The number of imidazole rings is 1. The van der Waals surface area contributed by atoms with Gasteiger partial charge >= 0.3 is 0 Å². The molecule has 4 aromatic heterocycles. The molecule has 28 heavy (non-hydrogen) atoms. The Labute approximate surface area is 163 Å². The van der Waals surface area contributed by atoms with E-state index in [-0.39, 0.29) is 11.4 Å². The Hall–Kier alpha value is -3.51. The number of halogens is 2. The maximum Gasteiger partial charge on any atom is 0.249 e. The predicted octanol–water partition coefficient (Wildman–Crippen LogP) is 4.70.